The van der Waals surface area contributed by atoms with Gasteiger partial charge in [-0.2, -0.15) is 11.3 Å². The Labute approximate surface area is 176 Å². The Bertz CT molecular complexity index is 658. The van der Waals surface area contributed by atoms with Crippen LogP contribution in [0.3, 0.4) is 0 Å². The van der Waals surface area contributed by atoms with Crippen LogP contribution < -0.4 is 10.6 Å². The van der Waals surface area contributed by atoms with Gasteiger partial charge in [0.2, 0.25) is 0 Å². The van der Waals surface area contributed by atoms with Gasteiger partial charge in [-0.1, -0.05) is 6.92 Å². The Morgan fingerprint density at radius 3 is 2.81 bits per heavy atom. The number of aryl methyl sites for hydroxylation is 1. The number of aliphatic imine (C=N–C) groups is 1. The van der Waals surface area contributed by atoms with Crippen LogP contribution in [0.2, 0.25) is 0 Å². The van der Waals surface area contributed by atoms with Crippen LogP contribution in [-0.2, 0) is 18.3 Å². The van der Waals surface area contributed by atoms with Crippen molar-refractivity contribution in [3.05, 3.63) is 34.0 Å². The van der Waals surface area contributed by atoms with Crippen molar-refractivity contribution in [3.8, 4) is 0 Å². The normalized spacial score (nSPS) is 12.5. The third kappa shape index (κ3) is 7.20. The van der Waals surface area contributed by atoms with Crippen molar-refractivity contribution in [3.63, 3.8) is 0 Å². The molecule has 2 aromatic rings. The van der Waals surface area contributed by atoms with Gasteiger partial charge in [-0.25, -0.2) is 4.99 Å². The molecule has 0 spiro atoms. The molecule has 2 N–H and O–H groups in total. The largest absolute Gasteiger partial charge is 0.385 e. The highest BCUT2D eigenvalue weighted by Gasteiger charge is 2.08. The lowest BCUT2D eigenvalue weighted by Crippen LogP contribution is -2.40. The number of ether oxygens (including phenoxy) is 1. The first-order valence-electron chi connectivity index (χ1n) is 8.50. The van der Waals surface area contributed by atoms with Crippen LogP contribution in [0.15, 0.2) is 21.8 Å². The molecule has 0 aliphatic carbocycles. The summed E-state index contributed by atoms with van der Waals surface area (Å²) in [5.41, 5.74) is 1.35. The van der Waals surface area contributed by atoms with Gasteiger partial charge < -0.3 is 19.9 Å². The summed E-state index contributed by atoms with van der Waals surface area (Å²) in [5.74, 6) is 2.95. The van der Waals surface area contributed by atoms with Crippen LogP contribution in [0.5, 0.6) is 0 Å². The highest BCUT2D eigenvalue weighted by molar-refractivity contribution is 14.0. The average Bonchev–Trinajstić information content (AvgIpc) is 3.25. The van der Waals surface area contributed by atoms with Crippen molar-refractivity contribution >= 4 is 41.3 Å². The van der Waals surface area contributed by atoms with Crippen LogP contribution in [0, 0.1) is 6.92 Å². The number of guanidine groups is 1. The van der Waals surface area contributed by atoms with E-state index in [2.05, 4.69) is 49.6 Å². The van der Waals surface area contributed by atoms with E-state index in [0.717, 1.165) is 43.7 Å². The van der Waals surface area contributed by atoms with Crippen molar-refractivity contribution in [1.29, 1.82) is 0 Å². The second-order valence-corrected chi connectivity index (χ2v) is 6.78. The molecular weight excluding hydrogens is 463 g/mol. The molecule has 146 valence electrons. The molecule has 0 aromatic carbocycles. The number of nitrogens with one attached hydrogen (secondary N) is 2. The van der Waals surface area contributed by atoms with Gasteiger partial charge in [0, 0.05) is 33.9 Å². The first-order valence-corrected chi connectivity index (χ1v) is 9.44. The number of nitrogens with zero attached hydrogens (tertiary/aromatic N) is 4. The standard InChI is InChI=1S/C17H28N6OS.HI/c1-13(15-6-9-25-12-15)10-19-17(18-7-5-8-24-4)20-11-16-22-21-14(2)23(16)3;/h6,9,12-13H,5,7-8,10-11H2,1-4H3,(H2,18,19,20);1H. The third-order valence-electron chi connectivity index (χ3n) is 4.07. The van der Waals surface area contributed by atoms with Gasteiger partial charge in [-0.05, 0) is 41.7 Å². The highest BCUT2D eigenvalue weighted by Crippen LogP contribution is 2.16. The maximum atomic E-state index is 5.10. The summed E-state index contributed by atoms with van der Waals surface area (Å²) in [6, 6.07) is 2.17. The molecule has 0 fully saturated rings. The van der Waals surface area contributed by atoms with E-state index >= 15 is 0 Å². The van der Waals surface area contributed by atoms with E-state index < -0.39 is 0 Å². The van der Waals surface area contributed by atoms with Crippen LogP contribution in [0.4, 0.5) is 0 Å². The Morgan fingerprint density at radius 2 is 2.19 bits per heavy atom. The molecule has 0 radical (unpaired) electrons. The average molecular weight is 492 g/mol. The van der Waals surface area contributed by atoms with Gasteiger partial charge >= 0.3 is 0 Å². The lowest BCUT2D eigenvalue weighted by Gasteiger charge is -2.16. The van der Waals surface area contributed by atoms with E-state index in [4.69, 9.17) is 4.74 Å². The SMILES string of the molecule is COCCCNC(=NCc1nnc(C)n1C)NCC(C)c1ccsc1.I. The number of halogens is 1. The van der Waals surface area contributed by atoms with E-state index in [1.54, 1.807) is 18.4 Å². The fraction of sp³-hybridized carbons (Fsp3) is 0.588. The molecule has 7 nitrogen and oxygen atoms in total. The summed E-state index contributed by atoms with van der Waals surface area (Å²) >= 11 is 1.73. The Hall–Kier alpha value is -1.20. The molecule has 9 heteroatoms. The zero-order chi connectivity index (χ0) is 18.1. The molecule has 1 unspecified atom stereocenters. The summed E-state index contributed by atoms with van der Waals surface area (Å²) in [5, 5.41) is 19.3. The molecule has 2 aromatic heterocycles. The van der Waals surface area contributed by atoms with E-state index in [0.29, 0.717) is 12.5 Å². The van der Waals surface area contributed by atoms with Gasteiger partial charge in [-0.3, -0.25) is 0 Å². The Kier molecular flexibility index (Phi) is 10.7. The molecule has 1 atom stereocenters. The number of thiophene rings is 1. The number of rotatable bonds is 9. The summed E-state index contributed by atoms with van der Waals surface area (Å²) in [6.45, 7) is 7.00. The van der Waals surface area contributed by atoms with E-state index in [-0.39, 0.29) is 24.0 Å². The zero-order valence-electron chi connectivity index (χ0n) is 15.9. The molecule has 26 heavy (non-hydrogen) atoms. The molecule has 0 aliphatic rings. The molecule has 0 bridgehead atoms. The number of aromatic nitrogens is 3. The zero-order valence-corrected chi connectivity index (χ0v) is 19.0. The van der Waals surface area contributed by atoms with Gasteiger partial charge in [0.25, 0.3) is 0 Å². The lowest BCUT2D eigenvalue weighted by molar-refractivity contribution is 0.195. The lowest BCUT2D eigenvalue weighted by atomic mass is 10.1. The van der Waals surface area contributed by atoms with Gasteiger partial charge in [0.05, 0.1) is 0 Å². The smallest absolute Gasteiger partial charge is 0.191 e. The van der Waals surface area contributed by atoms with Gasteiger partial charge in [0.15, 0.2) is 11.8 Å². The van der Waals surface area contributed by atoms with Gasteiger partial charge in [0.1, 0.15) is 12.4 Å². The van der Waals surface area contributed by atoms with Crippen LogP contribution in [0.25, 0.3) is 0 Å². The van der Waals surface area contributed by atoms with Crippen molar-refractivity contribution in [1.82, 2.24) is 25.4 Å². The molecule has 0 aliphatic heterocycles. The topological polar surface area (TPSA) is 76.4 Å². The molecule has 0 saturated heterocycles. The molecular formula is C17H29IN6OS. The first-order chi connectivity index (χ1) is 12.1. The Balaban J connectivity index is 0.00000338. The minimum absolute atomic E-state index is 0. The minimum Gasteiger partial charge on any atom is -0.385 e. The number of methoxy groups -OCH3 is 1. The van der Waals surface area contributed by atoms with Crippen LogP contribution in [0.1, 0.15) is 36.5 Å². The molecule has 0 amide bonds. The number of hydrogen-bond acceptors (Lipinski definition) is 5. The summed E-state index contributed by atoms with van der Waals surface area (Å²) in [6.07, 6.45) is 0.931. The first kappa shape index (κ1) is 22.8. The van der Waals surface area contributed by atoms with E-state index in [1.165, 1.54) is 5.56 Å². The highest BCUT2D eigenvalue weighted by atomic mass is 127. The Morgan fingerprint density at radius 1 is 1.38 bits per heavy atom. The van der Waals surface area contributed by atoms with Gasteiger partial charge in [-0.15, -0.1) is 34.2 Å². The van der Waals surface area contributed by atoms with E-state index in [9.17, 15) is 0 Å². The van der Waals surface area contributed by atoms with Crippen molar-refractivity contribution in [2.24, 2.45) is 12.0 Å². The molecule has 2 rings (SSSR count). The van der Waals surface area contributed by atoms with Crippen molar-refractivity contribution < 1.29 is 4.74 Å². The maximum Gasteiger partial charge on any atom is 0.191 e. The predicted molar refractivity (Wildman–Crippen MR) is 118 cm³/mol. The van der Waals surface area contributed by atoms with Crippen molar-refractivity contribution in [2.45, 2.75) is 32.7 Å². The third-order valence-corrected chi connectivity index (χ3v) is 4.77. The maximum absolute atomic E-state index is 5.10. The second-order valence-electron chi connectivity index (χ2n) is 6.00. The fourth-order valence-electron chi connectivity index (χ4n) is 2.26. The van der Waals surface area contributed by atoms with Crippen molar-refractivity contribution in [2.75, 3.05) is 26.8 Å². The van der Waals surface area contributed by atoms with E-state index in [1.807, 2.05) is 18.5 Å². The monoisotopic (exact) mass is 492 g/mol. The minimum atomic E-state index is 0. The fourth-order valence-corrected chi connectivity index (χ4v) is 3.04. The predicted octanol–water partition coefficient (Wildman–Crippen LogP) is 2.68. The summed E-state index contributed by atoms with van der Waals surface area (Å²) < 4.78 is 7.06. The molecule has 0 saturated carbocycles. The second kappa shape index (κ2) is 12.2. The van der Waals surface area contributed by atoms with Crippen LogP contribution >= 0.6 is 35.3 Å². The summed E-state index contributed by atoms with van der Waals surface area (Å²) in [4.78, 5) is 4.65. The quantitative estimate of drug-likeness (QED) is 0.244. The molecule has 2 heterocycles. The summed E-state index contributed by atoms with van der Waals surface area (Å²) in [7, 11) is 3.67. The number of hydrogen-bond donors (Lipinski definition) is 2. The van der Waals surface area contributed by atoms with Crippen LogP contribution in [-0.4, -0.2) is 47.5 Å².